The molecule has 18 heavy (non-hydrogen) atoms. The van der Waals surface area contributed by atoms with Crippen molar-refractivity contribution in [2.45, 2.75) is 18.2 Å². The maximum Gasteiger partial charge on any atom is 0.341 e. The van der Waals surface area contributed by atoms with E-state index in [-0.39, 0.29) is 6.42 Å². The molecule has 0 saturated carbocycles. The van der Waals surface area contributed by atoms with Crippen LogP contribution in [0.15, 0.2) is 12.2 Å². The first-order valence-corrected chi connectivity index (χ1v) is 9.80. The van der Waals surface area contributed by atoms with Gasteiger partial charge >= 0.3 is 22.8 Å². The summed E-state index contributed by atoms with van der Waals surface area (Å²) in [6.45, 7) is 0. The molecule has 12 heteroatoms. The van der Waals surface area contributed by atoms with Crippen LogP contribution in [0.3, 0.4) is 0 Å². The van der Waals surface area contributed by atoms with Gasteiger partial charge in [-0.3, -0.25) is 13.7 Å². The van der Waals surface area contributed by atoms with E-state index in [1.807, 2.05) is 0 Å². The van der Waals surface area contributed by atoms with Crippen molar-refractivity contribution in [3.05, 3.63) is 12.2 Å². The van der Waals surface area contributed by atoms with Gasteiger partial charge in [-0.15, -0.1) is 0 Å². The molecule has 0 fully saturated rings. The Morgan fingerprint density at radius 3 is 1.61 bits per heavy atom. The summed E-state index contributed by atoms with van der Waals surface area (Å²) in [6, 6.07) is 0. The lowest BCUT2D eigenvalue weighted by molar-refractivity contribution is 0.338. The predicted molar refractivity (Wildman–Crippen MR) is 63.2 cm³/mol. The van der Waals surface area contributed by atoms with E-state index in [9.17, 15) is 13.7 Å². The number of hydrogen-bond acceptors (Lipinski definition) is 3. The summed E-state index contributed by atoms with van der Waals surface area (Å²) in [7, 11) is -14.0. The molecule has 0 heterocycles. The highest BCUT2D eigenvalue weighted by Gasteiger charge is 2.42. The van der Waals surface area contributed by atoms with Crippen LogP contribution in [0.4, 0.5) is 0 Å². The monoisotopic (exact) mass is 324 g/mol. The second-order valence-electron chi connectivity index (χ2n) is 3.54. The Morgan fingerprint density at radius 2 is 1.28 bits per heavy atom. The first-order chi connectivity index (χ1) is 7.84. The molecule has 0 spiro atoms. The molecule has 0 amide bonds. The molecule has 0 unspecified atom stereocenters. The summed E-state index contributed by atoms with van der Waals surface area (Å²) in [5, 5.41) is -2.13. The predicted octanol–water partition coefficient (Wildman–Crippen LogP) is 0.182. The molecule has 0 atom stereocenters. The number of allylic oxidation sites excluding steroid dienone is 2. The van der Waals surface area contributed by atoms with Crippen molar-refractivity contribution in [2.24, 2.45) is 0 Å². The molecule has 0 aliphatic rings. The Labute approximate surface area is 103 Å². The minimum absolute atomic E-state index is 0.0562. The molecule has 9 nitrogen and oxygen atoms in total. The maximum atomic E-state index is 10.8. The van der Waals surface area contributed by atoms with Gasteiger partial charge in [0.1, 0.15) is 0 Å². The van der Waals surface area contributed by atoms with Crippen molar-refractivity contribution in [1.82, 2.24) is 0 Å². The topological polar surface area (TPSA) is 173 Å². The van der Waals surface area contributed by atoms with Crippen LogP contribution < -0.4 is 0 Å². The molecular weight excluding hydrogens is 309 g/mol. The van der Waals surface area contributed by atoms with Crippen LogP contribution in [-0.2, 0) is 13.7 Å². The average Bonchev–Trinajstić information content (AvgIpc) is 2.04. The van der Waals surface area contributed by atoms with Gasteiger partial charge in [0.15, 0.2) is 5.40 Å². The van der Waals surface area contributed by atoms with E-state index < -0.39 is 40.8 Å². The van der Waals surface area contributed by atoms with E-state index >= 15 is 0 Å². The molecule has 0 aromatic carbocycles. The fourth-order valence-corrected chi connectivity index (χ4v) is 3.89. The molecule has 0 aromatic heterocycles. The van der Waals surface area contributed by atoms with E-state index in [0.29, 0.717) is 0 Å². The van der Waals surface area contributed by atoms with E-state index in [1.165, 1.54) is 6.08 Å². The Kier molecular flexibility index (Phi) is 6.64. The molecule has 0 saturated heterocycles. The van der Waals surface area contributed by atoms with E-state index in [2.05, 4.69) is 0 Å². The average molecular weight is 324 g/mol. The lowest BCUT2D eigenvalue weighted by Gasteiger charge is -2.17. The molecule has 0 radical (unpaired) electrons. The molecule has 6 N–H and O–H groups in total. The third-order valence-corrected chi connectivity index (χ3v) is 6.50. The fourth-order valence-electron chi connectivity index (χ4n) is 1.05. The van der Waals surface area contributed by atoms with E-state index in [0.717, 1.165) is 6.08 Å². The highest BCUT2D eigenvalue weighted by molar-refractivity contribution is 7.70. The van der Waals surface area contributed by atoms with Gasteiger partial charge in [0.25, 0.3) is 0 Å². The van der Waals surface area contributed by atoms with Crippen molar-refractivity contribution in [3.63, 3.8) is 0 Å². The third kappa shape index (κ3) is 8.32. The van der Waals surface area contributed by atoms with Gasteiger partial charge in [0, 0.05) is 0 Å². The van der Waals surface area contributed by atoms with Crippen molar-refractivity contribution in [3.8, 4) is 0 Å². The second-order valence-corrected chi connectivity index (χ2v) is 9.33. The Morgan fingerprint density at radius 1 is 0.833 bits per heavy atom. The van der Waals surface area contributed by atoms with Crippen LogP contribution in [0.5, 0.6) is 0 Å². The number of rotatable bonds is 7. The van der Waals surface area contributed by atoms with Crippen LogP contribution in [-0.4, -0.2) is 40.9 Å². The van der Waals surface area contributed by atoms with Gasteiger partial charge in [-0.1, -0.05) is 12.2 Å². The smallest absolute Gasteiger partial charge is 0.324 e. The molecule has 108 valence electrons. The van der Waals surface area contributed by atoms with Crippen LogP contribution in [0.1, 0.15) is 12.8 Å². The van der Waals surface area contributed by atoms with Crippen LogP contribution in [0.25, 0.3) is 0 Å². The first kappa shape index (κ1) is 18.2. The van der Waals surface area contributed by atoms with Crippen molar-refractivity contribution >= 4 is 22.8 Å². The molecular formula is C6H15O9P3. The zero-order valence-electron chi connectivity index (χ0n) is 9.10. The maximum absolute atomic E-state index is 10.8. The van der Waals surface area contributed by atoms with Gasteiger partial charge < -0.3 is 29.4 Å². The minimum Gasteiger partial charge on any atom is -0.324 e. The minimum atomic E-state index is -4.95. The van der Waals surface area contributed by atoms with Crippen molar-refractivity contribution < 1.29 is 43.1 Å². The SMILES string of the molecule is O=P(O)(O)CC/C=C/CC(P(=O)(O)O)P(=O)(O)O. The highest BCUT2D eigenvalue weighted by Crippen LogP contribution is 2.61. The summed E-state index contributed by atoms with van der Waals surface area (Å²) in [4.78, 5) is 52.1. The Hall–Kier alpha value is 0.190. The lowest BCUT2D eigenvalue weighted by Crippen LogP contribution is -2.07. The zero-order valence-corrected chi connectivity index (χ0v) is 11.8. The van der Waals surface area contributed by atoms with Gasteiger partial charge in [-0.2, -0.15) is 0 Å². The summed E-state index contributed by atoms with van der Waals surface area (Å²) >= 11 is 0. The summed E-state index contributed by atoms with van der Waals surface area (Å²) in [5.74, 6) is 0. The number of hydrogen-bond donors (Lipinski definition) is 6. The molecule has 0 aromatic rings. The summed E-state index contributed by atoms with van der Waals surface area (Å²) in [6.07, 6.45) is 1.21. The van der Waals surface area contributed by atoms with Gasteiger partial charge in [-0.05, 0) is 12.8 Å². The lowest BCUT2D eigenvalue weighted by atomic mass is 10.3. The Bertz CT molecular complexity index is 404. The molecule has 0 rings (SSSR count). The standard InChI is InChI=1S/C6H15O9P3/c7-16(8,9)5-3-1-2-4-6(17(10,11)12)18(13,14)15/h1-2,6H,3-5H2,(H2,7,8,9)(H2,10,11,12)(H2,13,14,15)/b2-1+. The van der Waals surface area contributed by atoms with Crippen molar-refractivity contribution in [1.29, 1.82) is 0 Å². The normalized spacial score (nSPS) is 14.6. The summed E-state index contributed by atoms with van der Waals surface area (Å²) < 4.78 is 32.1. The first-order valence-electron chi connectivity index (χ1n) is 4.64. The summed E-state index contributed by atoms with van der Waals surface area (Å²) in [5.41, 5.74) is 0. The zero-order chi connectivity index (χ0) is 14.6. The van der Waals surface area contributed by atoms with Gasteiger partial charge in [0.2, 0.25) is 0 Å². The van der Waals surface area contributed by atoms with Crippen molar-refractivity contribution in [2.75, 3.05) is 6.16 Å². The van der Waals surface area contributed by atoms with Gasteiger partial charge in [-0.25, -0.2) is 0 Å². The largest absolute Gasteiger partial charge is 0.341 e. The van der Waals surface area contributed by atoms with E-state index in [4.69, 9.17) is 29.4 Å². The van der Waals surface area contributed by atoms with Gasteiger partial charge in [0.05, 0.1) is 6.16 Å². The van der Waals surface area contributed by atoms with Crippen LogP contribution >= 0.6 is 22.8 Å². The van der Waals surface area contributed by atoms with Crippen LogP contribution in [0.2, 0.25) is 0 Å². The fraction of sp³-hybridized carbons (Fsp3) is 0.667. The molecule has 0 aliphatic heterocycles. The Balaban J connectivity index is 4.48. The second kappa shape index (κ2) is 6.57. The quantitative estimate of drug-likeness (QED) is 0.282. The van der Waals surface area contributed by atoms with E-state index in [1.54, 1.807) is 0 Å². The molecule has 0 aliphatic carbocycles. The third-order valence-electron chi connectivity index (χ3n) is 1.88. The highest BCUT2D eigenvalue weighted by atomic mass is 31.2. The van der Waals surface area contributed by atoms with Crippen LogP contribution in [0, 0.1) is 0 Å². The molecule has 0 bridgehead atoms.